The summed E-state index contributed by atoms with van der Waals surface area (Å²) in [7, 11) is 0. The normalized spacial score (nSPS) is 15.3. The minimum absolute atomic E-state index is 0.0171. The van der Waals surface area contributed by atoms with Gasteiger partial charge in [-0.05, 0) is 12.8 Å². The molecule has 0 atom stereocenters. The molecular weight excluding hydrogens is 196 g/mol. The summed E-state index contributed by atoms with van der Waals surface area (Å²) in [6, 6.07) is 1.81. The number of nitrogens with one attached hydrogen (secondary N) is 2. The number of anilines is 1. The Balaban J connectivity index is 2.59. The van der Waals surface area contributed by atoms with Gasteiger partial charge in [0.25, 0.3) is 5.56 Å². The molecular formula is C9H10N4O2. The van der Waals surface area contributed by atoms with E-state index in [1.165, 1.54) is 0 Å². The molecule has 0 unspecified atom stereocenters. The van der Waals surface area contributed by atoms with Crippen LogP contribution in [0.1, 0.15) is 18.4 Å². The topological polar surface area (TPSA) is 92.8 Å². The molecule has 1 aromatic heterocycles. The number of hydrogen-bond acceptors (Lipinski definition) is 4. The molecule has 0 aromatic carbocycles. The summed E-state index contributed by atoms with van der Waals surface area (Å²) in [6.07, 6.45) is 2.03. The minimum Gasteiger partial charge on any atom is -0.357 e. The lowest BCUT2D eigenvalue weighted by molar-refractivity contribution is 0.897. The van der Waals surface area contributed by atoms with E-state index in [0.717, 1.165) is 25.9 Å². The van der Waals surface area contributed by atoms with Crippen LogP contribution in [-0.4, -0.2) is 23.1 Å². The van der Waals surface area contributed by atoms with Crippen LogP contribution in [0.4, 0.5) is 5.82 Å². The predicted octanol–water partition coefficient (Wildman–Crippen LogP) is -0.465. The second-order valence-electron chi connectivity index (χ2n) is 3.44. The molecule has 6 nitrogen and oxygen atoms in total. The first-order valence-electron chi connectivity index (χ1n) is 4.74. The molecule has 0 radical (unpaired) electrons. The number of aromatic nitrogens is 2. The molecule has 0 aliphatic carbocycles. The molecule has 0 amide bonds. The molecule has 6 heteroatoms. The number of hydrogen-bond donors (Lipinski definition) is 2. The van der Waals surface area contributed by atoms with Crippen LogP contribution in [0.2, 0.25) is 0 Å². The number of aromatic amines is 2. The monoisotopic (exact) mass is 206 g/mol. The van der Waals surface area contributed by atoms with Gasteiger partial charge in [-0.25, -0.2) is 4.79 Å². The van der Waals surface area contributed by atoms with E-state index < -0.39 is 11.2 Å². The van der Waals surface area contributed by atoms with Crippen LogP contribution in [0.5, 0.6) is 0 Å². The zero-order chi connectivity index (χ0) is 10.8. The van der Waals surface area contributed by atoms with Gasteiger partial charge >= 0.3 is 5.69 Å². The van der Waals surface area contributed by atoms with Gasteiger partial charge in [0.15, 0.2) is 5.56 Å². The van der Waals surface area contributed by atoms with Gasteiger partial charge in [-0.1, -0.05) is 0 Å². The van der Waals surface area contributed by atoms with Gasteiger partial charge in [-0.15, -0.1) is 0 Å². The predicted molar refractivity (Wildman–Crippen MR) is 53.8 cm³/mol. The van der Waals surface area contributed by atoms with Crippen LogP contribution in [0.25, 0.3) is 0 Å². The molecule has 1 saturated heterocycles. The van der Waals surface area contributed by atoms with Crippen molar-refractivity contribution in [3.05, 3.63) is 26.4 Å². The highest BCUT2D eigenvalue weighted by molar-refractivity contribution is 5.52. The summed E-state index contributed by atoms with van der Waals surface area (Å²) < 4.78 is 0. The van der Waals surface area contributed by atoms with E-state index in [4.69, 9.17) is 5.26 Å². The van der Waals surface area contributed by atoms with Crippen molar-refractivity contribution >= 4 is 5.82 Å². The molecule has 1 fully saturated rings. The Kier molecular flexibility index (Phi) is 2.29. The first-order valence-corrected chi connectivity index (χ1v) is 4.74. The Morgan fingerprint density at radius 3 is 2.47 bits per heavy atom. The van der Waals surface area contributed by atoms with Crippen LogP contribution in [0.15, 0.2) is 9.59 Å². The van der Waals surface area contributed by atoms with Gasteiger partial charge in [-0.3, -0.25) is 14.8 Å². The van der Waals surface area contributed by atoms with Crippen molar-refractivity contribution in [3.63, 3.8) is 0 Å². The lowest BCUT2D eigenvalue weighted by Crippen LogP contribution is -2.31. The molecule has 2 N–H and O–H groups in total. The van der Waals surface area contributed by atoms with Gasteiger partial charge in [0.1, 0.15) is 11.9 Å². The summed E-state index contributed by atoms with van der Waals surface area (Å²) in [5, 5.41) is 8.83. The van der Waals surface area contributed by atoms with E-state index in [1.807, 2.05) is 16.0 Å². The van der Waals surface area contributed by atoms with E-state index in [9.17, 15) is 9.59 Å². The van der Waals surface area contributed by atoms with Crippen molar-refractivity contribution in [2.75, 3.05) is 18.0 Å². The fraction of sp³-hybridized carbons (Fsp3) is 0.444. The summed E-state index contributed by atoms with van der Waals surface area (Å²) >= 11 is 0. The summed E-state index contributed by atoms with van der Waals surface area (Å²) in [5.41, 5.74) is -1.21. The molecule has 2 heterocycles. The average molecular weight is 206 g/mol. The zero-order valence-electron chi connectivity index (χ0n) is 8.04. The molecule has 1 aromatic rings. The van der Waals surface area contributed by atoms with Crippen molar-refractivity contribution in [1.82, 2.24) is 9.97 Å². The molecule has 1 aliphatic rings. The van der Waals surface area contributed by atoms with Crippen molar-refractivity contribution in [2.45, 2.75) is 12.8 Å². The fourth-order valence-electron chi connectivity index (χ4n) is 1.76. The molecule has 78 valence electrons. The highest BCUT2D eigenvalue weighted by atomic mass is 16.2. The van der Waals surface area contributed by atoms with Gasteiger partial charge < -0.3 is 4.90 Å². The van der Waals surface area contributed by atoms with Crippen LogP contribution < -0.4 is 16.1 Å². The lowest BCUT2D eigenvalue weighted by atomic mass is 10.3. The van der Waals surface area contributed by atoms with Crippen molar-refractivity contribution < 1.29 is 0 Å². The first-order chi connectivity index (χ1) is 7.22. The maximum absolute atomic E-state index is 11.3. The molecule has 0 saturated carbocycles. The standard InChI is InChI=1S/C9H10N4O2/c10-5-6-7(13-3-1-2-4-13)11-9(15)12-8(6)14/h1-4H2,(H2,11,12,14,15). The smallest absolute Gasteiger partial charge is 0.327 e. The third-order valence-corrected chi connectivity index (χ3v) is 2.46. The summed E-state index contributed by atoms with van der Waals surface area (Å²) in [4.78, 5) is 28.8. The van der Waals surface area contributed by atoms with E-state index >= 15 is 0 Å². The molecule has 15 heavy (non-hydrogen) atoms. The SMILES string of the molecule is N#Cc1c(N2CCCC2)[nH]c(=O)[nH]c1=O. The van der Waals surface area contributed by atoms with E-state index in [-0.39, 0.29) is 5.56 Å². The van der Waals surface area contributed by atoms with Crippen molar-refractivity contribution in [3.8, 4) is 6.07 Å². The van der Waals surface area contributed by atoms with Crippen LogP contribution in [0, 0.1) is 11.3 Å². The van der Waals surface area contributed by atoms with Crippen molar-refractivity contribution in [1.29, 1.82) is 5.26 Å². The molecule has 2 rings (SSSR count). The van der Waals surface area contributed by atoms with E-state index in [2.05, 4.69) is 4.98 Å². The number of nitriles is 1. The van der Waals surface area contributed by atoms with Gasteiger partial charge in [0.2, 0.25) is 0 Å². The van der Waals surface area contributed by atoms with Crippen LogP contribution >= 0.6 is 0 Å². The molecule has 1 aliphatic heterocycles. The Labute approximate surface area is 85.2 Å². The number of H-pyrrole nitrogens is 2. The number of nitrogens with zero attached hydrogens (tertiary/aromatic N) is 2. The second-order valence-corrected chi connectivity index (χ2v) is 3.44. The minimum atomic E-state index is -0.622. The summed E-state index contributed by atoms with van der Waals surface area (Å²) in [6.45, 7) is 1.54. The maximum atomic E-state index is 11.3. The van der Waals surface area contributed by atoms with Gasteiger partial charge in [-0.2, -0.15) is 5.26 Å². The fourth-order valence-corrected chi connectivity index (χ4v) is 1.76. The third kappa shape index (κ3) is 1.64. The van der Waals surface area contributed by atoms with Gasteiger partial charge in [0.05, 0.1) is 0 Å². The summed E-state index contributed by atoms with van der Waals surface area (Å²) in [5.74, 6) is 0.351. The van der Waals surface area contributed by atoms with E-state index in [1.54, 1.807) is 0 Å². The Morgan fingerprint density at radius 2 is 1.87 bits per heavy atom. The first kappa shape index (κ1) is 9.52. The Bertz CT molecular complexity index is 516. The van der Waals surface area contributed by atoms with Crippen LogP contribution in [0.3, 0.4) is 0 Å². The highest BCUT2D eigenvalue weighted by Crippen LogP contribution is 2.17. The van der Waals surface area contributed by atoms with E-state index in [0.29, 0.717) is 5.82 Å². The number of rotatable bonds is 1. The third-order valence-electron chi connectivity index (χ3n) is 2.46. The van der Waals surface area contributed by atoms with Gasteiger partial charge in [0, 0.05) is 13.1 Å². The second kappa shape index (κ2) is 3.61. The molecule has 0 bridgehead atoms. The highest BCUT2D eigenvalue weighted by Gasteiger charge is 2.18. The quantitative estimate of drug-likeness (QED) is 0.650. The largest absolute Gasteiger partial charge is 0.357 e. The molecule has 0 spiro atoms. The van der Waals surface area contributed by atoms with Crippen LogP contribution in [-0.2, 0) is 0 Å². The van der Waals surface area contributed by atoms with Crippen molar-refractivity contribution in [2.24, 2.45) is 0 Å². The Morgan fingerprint density at radius 1 is 1.20 bits per heavy atom. The average Bonchev–Trinajstić information content (AvgIpc) is 2.69. The Hall–Kier alpha value is -2.03. The maximum Gasteiger partial charge on any atom is 0.327 e. The lowest BCUT2D eigenvalue weighted by Gasteiger charge is -2.16. The zero-order valence-corrected chi connectivity index (χ0v) is 8.04.